The molecule has 0 bridgehead atoms. The molecule has 0 aromatic heterocycles. The lowest BCUT2D eigenvalue weighted by Gasteiger charge is -2.33. The van der Waals surface area contributed by atoms with Gasteiger partial charge in [0, 0.05) is 11.6 Å². The summed E-state index contributed by atoms with van der Waals surface area (Å²) < 4.78 is 0. The minimum absolute atomic E-state index is 0.0535. The third kappa shape index (κ3) is 4.69. The Hall–Kier alpha value is -2.08. The van der Waals surface area contributed by atoms with Crippen LogP contribution in [0.2, 0.25) is 0 Å². The van der Waals surface area contributed by atoms with Crippen LogP contribution in [0.4, 0.5) is 5.69 Å². The Morgan fingerprint density at radius 1 is 1.09 bits per heavy atom. The van der Waals surface area contributed by atoms with Crippen molar-refractivity contribution >= 4 is 17.5 Å². The Morgan fingerprint density at radius 3 is 2.43 bits per heavy atom. The van der Waals surface area contributed by atoms with Gasteiger partial charge in [0.1, 0.15) is 0 Å². The number of piperazine rings is 1. The highest BCUT2D eigenvalue weighted by atomic mass is 16.2. The van der Waals surface area contributed by atoms with Gasteiger partial charge in [-0.3, -0.25) is 20.4 Å². The van der Waals surface area contributed by atoms with Gasteiger partial charge in [-0.25, -0.2) is 0 Å². The fraction of sp³-hybridized carbons (Fsp3) is 0.529. The highest BCUT2D eigenvalue weighted by molar-refractivity contribution is 5.84. The topological polar surface area (TPSA) is 65.9 Å². The Kier molecular flexibility index (Phi) is 5.12. The molecule has 3 rings (SSSR count). The summed E-state index contributed by atoms with van der Waals surface area (Å²) in [6, 6.07) is 10.4. The van der Waals surface area contributed by atoms with Crippen molar-refractivity contribution in [2.45, 2.75) is 19.3 Å². The van der Waals surface area contributed by atoms with Crippen molar-refractivity contribution in [3.63, 3.8) is 0 Å². The fourth-order valence-electron chi connectivity index (χ4n) is 2.90. The number of nitrogens with one attached hydrogen (secondary N) is 3. The van der Waals surface area contributed by atoms with Crippen molar-refractivity contribution in [2.75, 3.05) is 37.6 Å². The second-order valence-corrected chi connectivity index (χ2v) is 6.38. The van der Waals surface area contributed by atoms with E-state index in [1.807, 2.05) is 6.07 Å². The summed E-state index contributed by atoms with van der Waals surface area (Å²) in [6.07, 6.45) is 2.33. The van der Waals surface area contributed by atoms with Crippen molar-refractivity contribution in [3.8, 4) is 0 Å². The standard InChI is InChI=1S/C17H24N4O2/c22-16(18-19-17(23)14-6-7-14)8-9-20-10-12-21(13-11-20)15-4-2-1-3-5-15/h1-5,14H,6-13H2,(H,18,22)(H,19,23)/p+1. The summed E-state index contributed by atoms with van der Waals surface area (Å²) in [5, 5.41) is 0. The quantitative estimate of drug-likeness (QED) is 0.632. The van der Waals surface area contributed by atoms with E-state index in [1.54, 1.807) is 0 Å². The molecule has 6 nitrogen and oxygen atoms in total. The van der Waals surface area contributed by atoms with Gasteiger partial charge in [0.05, 0.1) is 39.1 Å². The molecule has 1 aliphatic carbocycles. The summed E-state index contributed by atoms with van der Waals surface area (Å²) in [4.78, 5) is 27.1. The smallest absolute Gasteiger partial charge is 0.244 e. The predicted molar refractivity (Wildman–Crippen MR) is 87.8 cm³/mol. The monoisotopic (exact) mass is 317 g/mol. The first-order valence-electron chi connectivity index (χ1n) is 8.44. The molecule has 1 aliphatic heterocycles. The van der Waals surface area contributed by atoms with Gasteiger partial charge in [-0.1, -0.05) is 18.2 Å². The van der Waals surface area contributed by atoms with Crippen molar-refractivity contribution in [2.24, 2.45) is 5.92 Å². The maximum atomic E-state index is 11.8. The number of para-hydroxylation sites is 1. The van der Waals surface area contributed by atoms with Crippen LogP contribution in [0.1, 0.15) is 19.3 Å². The lowest BCUT2D eigenvalue weighted by Crippen LogP contribution is -3.15. The van der Waals surface area contributed by atoms with E-state index < -0.39 is 0 Å². The second-order valence-electron chi connectivity index (χ2n) is 6.38. The SMILES string of the molecule is O=C(CC[NH+]1CCN(c2ccccc2)CC1)NNC(=O)C1CC1. The Balaban J connectivity index is 1.32. The molecule has 2 aliphatic rings. The van der Waals surface area contributed by atoms with E-state index >= 15 is 0 Å². The lowest BCUT2D eigenvalue weighted by molar-refractivity contribution is -0.900. The molecule has 0 spiro atoms. The molecule has 23 heavy (non-hydrogen) atoms. The average Bonchev–Trinajstić information content (AvgIpc) is 3.44. The molecular formula is C17H25N4O2+. The molecule has 1 saturated heterocycles. The number of nitrogens with zero attached hydrogens (tertiary/aromatic N) is 1. The van der Waals surface area contributed by atoms with Crippen molar-refractivity contribution < 1.29 is 14.5 Å². The zero-order valence-corrected chi connectivity index (χ0v) is 13.4. The fourth-order valence-corrected chi connectivity index (χ4v) is 2.90. The van der Waals surface area contributed by atoms with Crippen molar-refractivity contribution in [1.29, 1.82) is 0 Å². The molecule has 124 valence electrons. The molecule has 2 amide bonds. The minimum Gasteiger partial charge on any atom is -0.360 e. The molecule has 3 N–H and O–H groups in total. The molecule has 1 aromatic carbocycles. The second kappa shape index (κ2) is 7.46. The van der Waals surface area contributed by atoms with Crippen LogP contribution in [0.15, 0.2) is 30.3 Å². The number of hydrogen-bond acceptors (Lipinski definition) is 3. The van der Waals surface area contributed by atoms with E-state index in [0.717, 1.165) is 45.6 Å². The number of hydrazine groups is 1. The number of amides is 2. The van der Waals surface area contributed by atoms with Crippen LogP contribution < -0.4 is 20.7 Å². The molecule has 2 fully saturated rings. The summed E-state index contributed by atoms with van der Waals surface area (Å²) in [6.45, 7) is 4.92. The Labute approximate surface area is 136 Å². The van der Waals surface area contributed by atoms with Gasteiger partial charge in [-0.15, -0.1) is 0 Å². The summed E-state index contributed by atoms with van der Waals surface area (Å²) in [7, 11) is 0. The summed E-state index contributed by atoms with van der Waals surface area (Å²) in [5.41, 5.74) is 6.29. The average molecular weight is 317 g/mol. The van der Waals surface area contributed by atoms with E-state index in [9.17, 15) is 9.59 Å². The normalized spacial score (nSPS) is 18.5. The molecule has 0 unspecified atom stereocenters. The van der Waals surface area contributed by atoms with Gasteiger partial charge in [-0.2, -0.15) is 0 Å². The lowest BCUT2D eigenvalue weighted by atomic mass is 10.2. The first-order chi connectivity index (χ1) is 11.2. The first-order valence-corrected chi connectivity index (χ1v) is 8.44. The van der Waals surface area contributed by atoms with Crippen molar-refractivity contribution in [1.82, 2.24) is 10.9 Å². The number of anilines is 1. The number of benzene rings is 1. The number of rotatable bonds is 5. The number of quaternary nitrogens is 1. The van der Waals surface area contributed by atoms with Crippen molar-refractivity contribution in [3.05, 3.63) is 30.3 Å². The summed E-state index contributed by atoms with van der Waals surface area (Å²) >= 11 is 0. The molecule has 0 atom stereocenters. The van der Waals surface area contributed by atoms with Gasteiger partial charge in [0.2, 0.25) is 11.8 Å². The van der Waals surface area contributed by atoms with Crippen LogP contribution in [-0.4, -0.2) is 44.5 Å². The molecule has 6 heteroatoms. The van der Waals surface area contributed by atoms with E-state index in [2.05, 4.69) is 40.0 Å². The van der Waals surface area contributed by atoms with Crippen LogP contribution in [0.5, 0.6) is 0 Å². The van der Waals surface area contributed by atoms with E-state index in [-0.39, 0.29) is 17.7 Å². The van der Waals surface area contributed by atoms with Gasteiger partial charge in [0.25, 0.3) is 0 Å². The third-order valence-corrected chi connectivity index (χ3v) is 4.57. The first kappa shape index (κ1) is 15.8. The van der Waals surface area contributed by atoms with Gasteiger partial charge in [0.15, 0.2) is 0 Å². The number of hydrogen-bond donors (Lipinski definition) is 3. The molecular weight excluding hydrogens is 292 g/mol. The molecule has 1 aromatic rings. The molecule has 1 saturated carbocycles. The maximum absolute atomic E-state index is 11.8. The van der Waals surface area contributed by atoms with Crippen LogP contribution >= 0.6 is 0 Å². The Bertz CT molecular complexity index is 537. The van der Waals surface area contributed by atoms with Gasteiger partial charge < -0.3 is 9.80 Å². The summed E-state index contributed by atoms with van der Waals surface area (Å²) in [5.74, 6) is -0.0360. The third-order valence-electron chi connectivity index (χ3n) is 4.57. The highest BCUT2D eigenvalue weighted by Gasteiger charge is 2.29. The van der Waals surface area contributed by atoms with E-state index in [4.69, 9.17) is 0 Å². The van der Waals surface area contributed by atoms with Crippen LogP contribution in [0, 0.1) is 5.92 Å². The highest BCUT2D eigenvalue weighted by Crippen LogP contribution is 2.28. The van der Waals surface area contributed by atoms with Gasteiger partial charge in [-0.05, 0) is 25.0 Å². The molecule has 0 radical (unpaired) electrons. The van der Waals surface area contributed by atoms with Gasteiger partial charge >= 0.3 is 0 Å². The van der Waals surface area contributed by atoms with Crippen LogP contribution in [0.3, 0.4) is 0 Å². The Morgan fingerprint density at radius 2 is 1.78 bits per heavy atom. The zero-order valence-electron chi connectivity index (χ0n) is 13.4. The van der Waals surface area contributed by atoms with E-state index in [0.29, 0.717) is 6.42 Å². The minimum atomic E-state index is -0.100. The van der Waals surface area contributed by atoms with Crippen LogP contribution in [-0.2, 0) is 9.59 Å². The number of carbonyl (C=O) groups excluding carboxylic acids is 2. The maximum Gasteiger partial charge on any atom is 0.244 e. The van der Waals surface area contributed by atoms with E-state index in [1.165, 1.54) is 10.6 Å². The largest absolute Gasteiger partial charge is 0.360 e. The number of carbonyl (C=O) groups is 2. The zero-order chi connectivity index (χ0) is 16.1. The predicted octanol–water partition coefficient (Wildman–Crippen LogP) is -0.661. The molecule has 1 heterocycles. The van der Waals surface area contributed by atoms with Crippen LogP contribution in [0.25, 0.3) is 0 Å².